The lowest BCUT2D eigenvalue weighted by atomic mass is 10.2. The summed E-state index contributed by atoms with van der Waals surface area (Å²) in [5.74, 6) is 0.530. The molecule has 1 amide bonds. The molecule has 0 fully saturated rings. The summed E-state index contributed by atoms with van der Waals surface area (Å²) in [5, 5.41) is 4.16. The highest BCUT2D eigenvalue weighted by molar-refractivity contribution is 5.91. The maximum Gasteiger partial charge on any atom is 0.274 e. The van der Waals surface area contributed by atoms with Crippen molar-refractivity contribution in [2.24, 2.45) is 0 Å². The number of carbonyl (C=O) groups excluding carboxylic acids is 1. The third-order valence-corrected chi connectivity index (χ3v) is 3.58. The van der Waals surface area contributed by atoms with Gasteiger partial charge in [-0.1, -0.05) is 31.7 Å². The van der Waals surface area contributed by atoms with Crippen LogP contribution in [0, 0.1) is 0 Å². The fourth-order valence-corrected chi connectivity index (χ4v) is 2.32. The third kappa shape index (κ3) is 5.04. The molecular formula is C19H23N3O3. The second kappa shape index (κ2) is 8.82. The number of nitrogens with zero attached hydrogens (tertiary/aromatic N) is 3. The lowest BCUT2D eigenvalue weighted by molar-refractivity contribution is 0.0776. The molecule has 0 aliphatic rings. The van der Waals surface area contributed by atoms with Crippen LogP contribution in [-0.4, -0.2) is 34.2 Å². The summed E-state index contributed by atoms with van der Waals surface area (Å²) in [6.45, 7) is 6.95. The van der Waals surface area contributed by atoms with Gasteiger partial charge in [0.15, 0.2) is 0 Å². The Bertz CT molecular complexity index is 781. The zero-order valence-corrected chi connectivity index (χ0v) is 14.6. The molecule has 6 nitrogen and oxygen atoms in total. The van der Waals surface area contributed by atoms with Gasteiger partial charge < -0.3 is 9.64 Å². The SMILES string of the molecule is C=CCOc1ccc(CN(C)C(=O)c2ccc(=O)n(CCC)n2)cc1. The quantitative estimate of drug-likeness (QED) is 0.692. The number of aromatic nitrogens is 2. The van der Waals surface area contributed by atoms with Gasteiger partial charge in [0.2, 0.25) is 0 Å². The van der Waals surface area contributed by atoms with Gasteiger partial charge in [-0.3, -0.25) is 9.59 Å². The largest absolute Gasteiger partial charge is 0.490 e. The van der Waals surface area contributed by atoms with Crippen molar-refractivity contribution in [2.75, 3.05) is 13.7 Å². The van der Waals surface area contributed by atoms with Crippen molar-refractivity contribution in [1.29, 1.82) is 0 Å². The minimum atomic E-state index is -0.225. The first-order chi connectivity index (χ1) is 12.0. The maximum atomic E-state index is 12.5. The van der Waals surface area contributed by atoms with Crippen LogP contribution in [0.3, 0.4) is 0 Å². The van der Waals surface area contributed by atoms with E-state index in [2.05, 4.69) is 11.7 Å². The Kier molecular flexibility index (Phi) is 6.51. The van der Waals surface area contributed by atoms with Gasteiger partial charge in [-0.05, 0) is 30.2 Å². The van der Waals surface area contributed by atoms with E-state index in [1.807, 2.05) is 31.2 Å². The van der Waals surface area contributed by atoms with E-state index < -0.39 is 0 Å². The van der Waals surface area contributed by atoms with Crippen LogP contribution in [0.4, 0.5) is 0 Å². The van der Waals surface area contributed by atoms with Crippen molar-refractivity contribution in [1.82, 2.24) is 14.7 Å². The van der Waals surface area contributed by atoms with E-state index in [-0.39, 0.29) is 17.2 Å². The third-order valence-electron chi connectivity index (χ3n) is 3.58. The van der Waals surface area contributed by atoms with Gasteiger partial charge in [-0.2, -0.15) is 5.10 Å². The number of ether oxygens (including phenoxy) is 1. The molecule has 0 N–H and O–H groups in total. The predicted octanol–water partition coefficient (Wildman–Crippen LogP) is 2.49. The van der Waals surface area contributed by atoms with Gasteiger partial charge in [0.25, 0.3) is 11.5 Å². The number of hydrogen-bond donors (Lipinski definition) is 0. The topological polar surface area (TPSA) is 64.4 Å². The molecule has 0 saturated heterocycles. The Morgan fingerprint density at radius 2 is 2.00 bits per heavy atom. The summed E-state index contributed by atoms with van der Waals surface area (Å²) in [5.41, 5.74) is 1.04. The normalized spacial score (nSPS) is 10.3. The Labute approximate surface area is 147 Å². The second-order valence-electron chi connectivity index (χ2n) is 5.68. The van der Waals surface area contributed by atoms with Gasteiger partial charge in [0.05, 0.1) is 0 Å². The van der Waals surface area contributed by atoms with Crippen LogP contribution in [0.2, 0.25) is 0 Å². The summed E-state index contributed by atoms with van der Waals surface area (Å²) in [6.07, 6.45) is 2.46. The van der Waals surface area contributed by atoms with Crippen molar-refractivity contribution in [3.63, 3.8) is 0 Å². The average Bonchev–Trinajstić information content (AvgIpc) is 2.62. The van der Waals surface area contributed by atoms with Crippen LogP contribution in [0.15, 0.2) is 53.8 Å². The highest BCUT2D eigenvalue weighted by Crippen LogP contribution is 2.14. The molecule has 0 radical (unpaired) electrons. The van der Waals surface area contributed by atoms with Crippen LogP contribution in [0.25, 0.3) is 0 Å². The van der Waals surface area contributed by atoms with E-state index >= 15 is 0 Å². The summed E-state index contributed by atoms with van der Waals surface area (Å²) in [7, 11) is 1.71. The fraction of sp³-hybridized carbons (Fsp3) is 0.316. The second-order valence-corrected chi connectivity index (χ2v) is 5.68. The first-order valence-electron chi connectivity index (χ1n) is 8.21. The minimum Gasteiger partial charge on any atom is -0.490 e. The molecule has 0 spiro atoms. The lowest BCUT2D eigenvalue weighted by Gasteiger charge is -2.17. The molecule has 2 rings (SSSR count). The number of rotatable bonds is 8. The summed E-state index contributed by atoms with van der Waals surface area (Å²) < 4.78 is 6.76. The molecule has 0 unspecified atom stereocenters. The number of amides is 1. The van der Waals surface area contributed by atoms with Gasteiger partial charge >= 0.3 is 0 Å². The molecule has 25 heavy (non-hydrogen) atoms. The van der Waals surface area contributed by atoms with E-state index in [4.69, 9.17) is 4.74 Å². The van der Waals surface area contributed by atoms with Crippen LogP contribution in [-0.2, 0) is 13.1 Å². The van der Waals surface area contributed by atoms with Crippen molar-refractivity contribution in [3.05, 3.63) is 70.7 Å². The predicted molar refractivity (Wildman–Crippen MR) is 96.7 cm³/mol. The Balaban J connectivity index is 2.06. The summed E-state index contributed by atoms with van der Waals surface area (Å²) in [4.78, 5) is 25.8. The molecule has 132 valence electrons. The fourth-order valence-electron chi connectivity index (χ4n) is 2.32. The molecule has 6 heteroatoms. The average molecular weight is 341 g/mol. The summed E-state index contributed by atoms with van der Waals surface area (Å²) in [6, 6.07) is 10.4. The van der Waals surface area contributed by atoms with E-state index in [0.717, 1.165) is 17.7 Å². The number of aryl methyl sites for hydroxylation is 1. The number of carbonyl (C=O) groups is 1. The monoisotopic (exact) mass is 341 g/mol. The van der Waals surface area contributed by atoms with E-state index in [1.54, 1.807) is 18.0 Å². The zero-order chi connectivity index (χ0) is 18.2. The Morgan fingerprint density at radius 3 is 2.64 bits per heavy atom. The molecule has 2 aromatic rings. The van der Waals surface area contributed by atoms with Gasteiger partial charge in [0.1, 0.15) is 18.1 Å². The Hall–Kier alpha value is -2.89. The molecule has 1 heterocycles. The molecular weight excluding hydrogens is 318 g/mol. The molecule has 0 atom stereocenters. The first-order valence-corrected chi connectivity index (χ1v) is 8.21. The lowest BCUT2D eigenvalue weighted by Crippen LogP contribution is -2.31. The molecule has 1 aromatic heterocycles. The standard InChI is InChI=1S/C19H23N3O3/c1-4-12-22-18(23)11-10-17(20-22)19(24)21(3)14-15-6-8-16(9-7-15)25-13-5-2/h5-11H,2,4,12-14H2,1,3H3. The van der Waals surface area contributed by atoms with Crippen molar-refractivity contribution in [2.45, 2.75) is 26.4 Å². The molecule has 1 aromatic carbocycles. The molecule has 0 bridgehead atoms. The Morgan fingerprint density at radius 1 is 1.28 bits per heavy atom. The molecule has 0 saturated carbocycles. The smallest absolute Gasteiger partial charge is 0.274 e. The van der Waals surface area contributed by atoms with Gasteiger partial charge in [0, 0.05) is 26.2 Å². The van der Waals surface area contributed by atoms with E-state index in [1.165, 1.54) is 16.8 Å². The van der Waals surface area contributed by atoms with E-state index in [9.17, 15) is 9.59 Å². The maximum absolute atomic E-state index is 12.5. The van der Waals surface area contributed by atoms with Crippen molar-refractivity contribution < 1.29 is 9.53 Å². The van der Waals surface area contributed by atoms with Gasteiger partial charge in [-0.15, -0.1) is 0 Å². The minimum absolute atomic E-state index is 0.198. The van der Waals surface area contributed by atoms with E-state index in [0.29, 0.717) is 19.7 Å². The van der Waals surface area contributed by atoms with Crippen molar-refractivity contribution >= 4 is 5.91 Å². The molecule has 0 aliphatic carbocycles. The van der Waals surface area contributed by atoms with Crippen LogP contribution >= 0.6 is 0 Å². The summed E-state index contributed by atoms with van der Waals surface area (Å²) >= 11 is 0. The van der Waals surface area contributed by atoms with Crippen LogP contribution < -0.4 is 10.3 Å². The first kappa shape index (κ1) is 18.4. The molecule has 0 aliphatic heterocycles. The van der Waals surface area contributed by atoms with Crippen molar-refractivity contribution in [3.8, 4) is 5.75 Å². The number of benzene rings is 1. The van der Waals surface area contributed by atoms with Crippen LogP contribution in [0.5, 0.6) is 5.75 Å². The number of hydrogen-bond acceptors (Lipinski definition) is 4. The highest BCUT2D eigenvalue weighted by atomic mass is 16.5. The zero-order valence-electron chi connectivity index (χ0n) is 14.6. The van der Waals surface area contributed by atoms with Gasteiger partial charge in [-0.25, -0.2) is 4.68 Å². The van der Waals surface area contributed by atoms with Crippen LogP contribution in [0.1, 0.15) is 29.4 Å². The highest BCUT2D eigenvalue weighted by Gasteiger charge is 2.15.